The lowest BCUT2D eigenvalue weighted by Crippen LogP contribution is -2.30. The van der Waals surface area contributed by atoms with Crippen molar-refractivity contribution in [3.8, 4) is 0 Å². The van der Waals surface area contributed by atoms with Crippen molar-refractivity contribution < 1.29 is 0 Å². The molecule has 0 saturated heterocycles. The van der Waals surface area contributed by atoms with Crippen LogP contribution in [-0.4, -0.2) is 5.84 Å². The monoisotopic (exact) mass is 425 g/mol. The van der Waals surface area contributed by atoms with Gasteiger partial charge in [-0.2, -0.15) is 0 Å². The van der Waals surface area contributed by atoms with Crippen molar-refractivity contribution in [3.63, 3.8) is 0 Å². The van der Waals surface area contributed by atoms with Crippen LogP contribution in [0.4, 0.5) is 11.4 Å². The van der Waals surface area contributed by atoms with Crippen molar-refractivity contribution in [2.75, 3.05) is 5.32 Å². The minimum absolute atomic E-state index is 0. The fourth-order valence-corrected chi connectivity index (χ4v) is 4.66. The van der Waals surface area contributed by atoms with Crippen molar-refractivity contribution in [1.82, 2.24) is 0 Å². The van der Waals surface area contributed by atoms with E-state index in [2.05, 4.69) is 36.5 Å². The molecule has 2 aromatic carbocycles. The molecular formula is C21H26Cl3N3. The summed E-state index contributed by atoms with van der Waals surface area (Å²) in [5.41, 5.74) is 10.9. The lowest BCUT2D eigenvalue weighted by Gasteiger charge is -2.30. The molecule has 6 heteroatoms. The van der Waals surface area contributed by atoms with Crippen molar-refractivity contribution in [2.45, 2.75) is 38.6 Å². The highest BCUT2D eigenvalue weighted by Crippen LogP contribution is 2.51. The molecule has 3 atom stereocenters. The van der Waals surface area contributed by atoms with Crippen LogP contribution in [0.15, 0.2) is 47.5 Å². The van der Waals surface area contributed by atoms with Gasteiger partial charge in [-0.05, 0) is 60.1 Å². The molecule has 1 aliphatic carbocycles. The predicted molar refractivity (Wildman–Crippen MR) is 120 cm³/mol. The molecule has 2 aliphatic rings. The number of hydrogen-bond acceptors (Lipinski definition) is 3. The summed E-state index contributed by atoms with van der Waals surface area (Å²) in [4.78, 5) is 4.72. The van der Waals surface area contributed by atoms with E-state index in [1.54, 1.807) is 0 Å². The third kappa shape index (κ3) is 4.37. The summed E-state index contributed by atoms with van der Waals surface area (Å²) in [7, 11) is 0. The summed E-state index contributed by atoms with van der Waals surface area (Å²) < 4.78 is 0. The zero-order chi connectivity index (χ0) is 17.4. The van der Waals surface area contributed by atoms with Crippen LogP contribution in [0, 0.1) is 11.8 Å². The third-order valence-electron chi connectivity index (χ3n) is 5.72. The van der Waals surface area contributed by atoms with Crippen LogP contribution in [0.25, 0.3) is 0 Å². The smallest absolute Gasteiger partial charge is 0.103 e. The van der Waals surface area contributed by atoms with Gasteiger partial charge in [0.1, 0.15) is 5.84 Å². The van der Waals surface area contributed by atoms with Gasteiger partial charge in [0.25, 0.3) is 0 Å². The minimum atomic E-state index is 0. The number of nitrogens with two attached hydrogens (primary N) is 1. The Morgan fingerprint density at radius 1 is 1.15 bits per heavy atom. The number of hydrogen-bond donors (Lipinski definition) is 2. The third-order valence-corrected chi connectivity index (χ3v) is 5.95. The second-order valence-electron chi connectivity index (χ2n) is 7.17. The maximum absolute atomic E-state index is 6.30. The van der Waals surface area contributed by atoms with Crippen molar-refractivity contribution >= 4 is 53.6 Å². The molecule has 2 aromatic rings. The Balaban J connectivity index is 0.00000131. The Bertz CT molecular complexity index is 822. The van der Waals surface area contributed by atoms with Gasteiger partial charge < -0.3 is 11.1 Å². The van der Waals surface area contributed by atoms with E-state index in [0.717, 1.165) is 40.3 Å². The van der Waals surface area contributed by atoms with Gasteiger partial charge in [-0.15, -0.1) is 24.8 Å². The number of benzene rings is 2. The Hall–Kier alpha value is -1.42. The first-order valence-electron chi connectivity index (χ1n) is 9.12. The Labute approximate surface area is 178 Å². The number of nitrogens with one attached hydrogen (secondary N) is 1. The molecular weight excluding hydrogens is 401 g/mol. The molecule has 0 spiro atoms. The highest BCUT2D eigenvalue weighted by atomic mass is 35.5. The van der Waals surface area contributed by atoms with Crippen LogP contribution < -0.4 is 11.1 Å². The molecule has 3 unspecified atom stereocenters. The van der Waals surface area contributed by atoms with E-state index in [1.165, 1.54) is 24.8 Å². The summed E-state index contributed by atoms with van der Waals surface area (Å²) >= 11 is 6.06. The molecule has 1 saturated carbocycles. The summed E-state index contributed by atoms with van der Waals surface area (Å²) in [5.74, 6) is 2.52. The van der Waals surface area contributed by atoms with E-state index < -0.39 is 0 Å². The van der Waals surface area contributed by atoms with Gasteiger partial charge in [0.15, 0.2) is 0 Å². The highest BCUT2D eigenvalue weighted by Gasteiger charge is 2.41. The normalized spacial score (nSPS) is 22.6. The Kier molecular flexibility index (Phi) is 7.44. The first-order valence-corrected chi connectivity index (χ1v) is 9.50. The molecule has 4 rings (SSSR count). The van der Waals surface area contributed by atoms with E-state index in [1.807, 2.05) is 18.2 Å². The van der Waals surface area contributed by atoms with Crippen LogP contribution in [0.5, 0.6) is 0 Å². The van der Waals surface area contributed by atoms with Gasteiger partial charge in [0, 0.05) is 23.2 Å². The van der Waals surface area contributed by atoms with Crippen LogP contribution in [0.3, 0.4) is 0 Å². The quantitative estimate of drug-likeness (QED) is 0.601. The second-order valence-corrected chi connectivity index (χ2v) is 7.61. The molecule has 1 aliphatic heterocycles. The largest absolute Gasteiger partial charge is 0.387 e. The van der Waals surface area contributed by atoms with Crippen LogP contribution in [-0.2, 0) is 6.54 Å². The van der Waals surface area contributed by atoms with Gasteiger partial charge in [0.05, 0.1) is 5.69 Å². The molecule has 146 valence electrons. The van der Waals surface area contributed by atoms with E-state index in [0.29, 0.717) is 11.8 Å². The molecule has 0 amide bonds. The topological polar surface area (TPSA) is 50.4 Å². The number of rotatable bonds is 4. The first kappa shape index (κ1) is 21.9. The maximum Gasteiger partial charge on any atom is 0.103 e. The number of amidine groups is 1. The number of halogens is 3. The highest BCUT2D eigenvalue weighted by molar-refractivity contribution is 6.30. The number of anilines is 1. The first-order chi connectivity index (χ1) is 12.2. The Morgan fingerprint density at radius 2 is 1.96 bits per heavy atom. The maximum atomic E-state index is 6.30. The predicted octanol–water partition coefficient (Wildman–Crippen LogP) is 6.32. The molecule has 0 bridgehead atoms. The molecule has 1 heterocycles. The summed E-state index contributed by atoms with van der Waals surface area (Å²) in [5, 5.41) is 4.23. The lowest BCUT2D eigenvalue weighted by molar-refractivity contribution is 0.446. The fourth-order valence-electron chi connectivity index (χ4n) is 4.45. The lowest BCUT2D eigenvalue weighted by atomic mass is 9.79. The van der Waals surface area contributed by atoms with Crippen molar-refractivity contribution in [2.24, 2.45) is 22.6 Å². The minimum Gasteiger partial charge on any atom is -0.387 e. The summed E-state index contributed by atoms with van der Waals surface area (Å²) in [6.45, 7) is 3.03. The van der Waals surface area contributed by atoms with E-state index in [4.69, 9.17) is 22.3 Å². The standard InChI is InChI=1S/C21H24ClN3.2ClH/c1-2-14-6-8-18-20(14)17-9-7-16(11-19(17)25-21(18)23)24-12-13-4-3-5-15(22)10-13;;/h3-5,7,9-11,14,18,20,24H,2,6,8,12H2,1H3,(H2,23,25);2*1H. The molecule has 3 N–H and O–H groups in total. The molecule has 1 fully saturated rings. The van der Waals surface area contributed by atoms with Crippen LogP contribution >= 0.6 is 36.4 Å². The van der Waals surface area contributed by atoms with E-state index in [-0.39, 0.29) is 24.8 Å². The van der Waals surface area contributed by atoms with Crippen LogP contribution in [0.2, 0.25) is 5.02 Å². The van der Waals surface area contributed by atoms with E-state index in [9.17, 15) is 0 Å². The number of fused-ring (bicyclic) bond motifs is 3. The fraction of sp³-hybridized carbons (Fsp3) is 0.381. The van der Waals surface area contributed by atoms with Gasteiger partial charge in [-0.25, -0.2) is 4.99 Å². The van der Waals surface area contributed by atoms with Gasteiger partial charge in [0.2, 0.25) is 0 Å². The zero-order valence-corrected chi connectivity index (χ0v) is 17.7. The summed E-state index contributed by atoms with van der Waals surface area (Å²) in [6, 6.07) is 14.5. The van der Waals surface area contributed by atoms with Crippen molar-refractivity contribution in [1.29, 1.82) is 0 Å². The van der Waals surface area contributed by atoms with E-state index >= 15 is 0 Å². The molecule has 0 radical (unpaired) electrons. The average molecular weight is 427 g/mol. The van der Waals surface area contributed by atoms with Crippen LogP contribution in [0.1, 0.15) is 43.2 Å². The second kappa shape index (κ2) is 9.18. The number of nitrogens with zero attached hydrogens (tertiary/aromatic N) is 1. The number of aliphatic imine (C=N–C) groups is 1. The zero-order valence-electron chi connectivity index (χ0n) is 15.3. The van der Waals surface area contributed by atoms with Gasteiger partial charge in [-0.3, -0.25) is 0 Å². The molecule has 3 nitrogen and oxygen atoms in total. The average Bonchev–Trinajstić information content (AvgIpc) is 3.05. The Morgan fingerprint density at radius 3 is 2.70 bits per heavy atom. The molecule has 0 aromatic heterocycles. The van der Waals surface area contributed by atoms with Gasteiger partial charge in [-0.1, -0.05) is 43.1 Å². The SMILES string of the molecule is CCC1CCC2C(N)=Nc3cc(NCc4cccc(Cl)c4)ccc3C12.Cl.Cl. The summed E-state index contributed by atoms with van der Waals surface area (Å²) in [6.07, 6.45) is 3.64. The van der Waals surface area contributed by atoms with Crippen molar-refractivity contribution in [3.05, 3.63) is 58.6 Å². The van der Waals surface area contributed by atoms with Gasteiger partial charge >= 0.3 is 0 Å². The molecule has 27 heavy (non-hydrogen) atoms.